The molecule has 0 aliphatic carbocycles. The Morgan fingerprint density at radius 1 is 1.12 bits per heavy atom. The average molecular weight is 351 g/mol. The first kappa shape index (κ1) is 18.3. The highest BCUT2D eigenvalue weighted by Gasteiger charge is 2.37. The standard InChI is InChI=1S/C19H27F2N3O/c1-12(2)24-18(14-9-15(20)11-16(21)10-14)13(3)19(23(24)4)22-17-5-7-25-8-6-17/h9-12,17,19,22H,5-8H2,1-4H3. The first-order valence-electron chi connectivity index (χ1n) is 8.91. The van der Waals surface area contributed by atoms with Crippen LogP contribution in [0.4, 0.5) is 8.78 Å². The third-order valence-electron chi connectivity index (χ3n) is 4.97. The van der Waals surface area contributed by atoms with Gasteiger partial charge in [-0.15, -0.1) is 0 Å². The zero-order valence-electron chi connectivity index (χ0n) is 15.4. The number of benzene rings is 1. The molecule has 0 spiro atoms. The summed E-state index contributed by atoms with van der Waals surface area (Å²) in [6.07, 6.45) is 1.96. The Balaban J connectivity index is 1.96. The minimum Gasteiger partial charge on any atom is -0.381 e. The van der Waals surface area contributed by atoms with Crippen LogP contribution < -0.4 is 5.32 Å². The number of nitrogens with zero attached hydrogens (tertiary/aromatic N) is 2. The van der Waals surface area contributed by atoms with E-state index in [-0.39, 0.29) is 12.2 Å². The number of likely N-dealkylation sites (N-methyl/N-ethyl adjacent to an activating group) is 1. The molecule has 25 heavy (non-hydrogen) atoms. The van der Waals surface area contributed by atoms with Crippen molar-refractivity contribution in [3.63, 3.8) is 0 Å². The number of rotatable bonds is 4. The van der Waals surface area contributed by atoms with Crippen LogP contribution in [-0.2, 0) is 4.74 Å². The lowest BCUT2D eigenvalue weighted by molar-refractivity contribution is 0.00185. The van der Waals surface area contributed by atoms with Crippen molar-refractivity contribution in [2.24, 2.45) is 0 Å². The molecule has 1 aromatic carbocycles. The molecule has 0 radical (unpaired) electrons. The van der Waals surface area contributed by atoms with Gasteiger partial charge in [-0.2, -0.15) is 0 Å². The summed E-state index contributed by atoms with van der Waals surface area (Å²) in [6, 6.07) is 4.27. The maximum Gasteiger partial charge on any atom is 0.126 e. The van der Waals surface area contributed by atoms with Crippen molar-refractivity contribution < 1.29 is 13.5 Å². The van der Waals surface area contributed by atoms with Crippen molar-refractivity contribution in [3.05, 3.63) is 41.0 Å². The maximum absolute atomic E-state index is 13.8. The molecule has 4 nitrogen and oxygen atoms in total. The van der Waals surface area contributed by atoms with Gasteiger partial charge in [0.15, 0.2) is 0 Å². The van der Waals surface area contributed by atoms with E-state index >= 15 is 0 Å². The molecule has 2 heterocycles. The van der Waals surface area contributed by atoms with Gasteiger partial charge in [0, 0.05) is 44.0 Å². The fourth-order valence-electron chi connectivity index (χ4n) is 3.87. The van der Waals surface area contributed by atoms with E-state index < -0.39 is 11.6 Å². The SMILES string of the molecule is CC1=C(c2cc(F)cc(F)c2)N(C(C)C)N(C)C1NC1CCOCC1. The van der Waals surface area contributed by atoms with Gasteiger partial charge < -0.3 is 9.75 Å². The van der Waals surface area contributed by atoms with Crippen molar-refractivity contribution in [3.8, 4) is 0 Å². The zero-order valence-corrected chi connectivity index (χ0v) is 15.4. The Labute approximate surface area is 148 Å². The number of hydrogen-bond donors (Lipinski definition) is 1. The average Bonchev–Trinajstić information content (AvgIpc) is 2.79. The highest BCUT2D eigenvalue weighted by atomic mass is 19.1. The lowest BCUT2D eigenvalue weighted by Gasteiger charge is -2.37. The van der Waals surface area contributed by atoms with E-state index in [0.717, 1.165) is 43.4 Å². The smallest absolute Gasteiger partial charge is 0.126 e. The predicted octanol–water partition coefficient (Wildman–Crippen LogP) is 3.36. The van der Waals surface area contributed by atoms with Crippen LogP contribution in [0.5, 0.6) is 0 Å². The normalized spacial score (nSPS) is 23.2. The first-order chi connectivity index (χ1) is 11.9. The lowest BCUT2D eigenvalue weighted by atomic mass is 10.0. The number of hydrogen-bond acceptors (Lipinski definition) is 4. The monoisotopic (exact) mass is 351 g/mol. The number of ether oxygens (including phenoxy) is 1. The van der Waals surface area contributed by atoms with E-state index in [0.29, 0.717) is 11.6 Å². The van der Waals surface area contributed by atoms with Crippen LogP contribution in [0, 0.1) is 11.6 Å². The van der Waals surface area contributed by atoms with Gasteiger partial charge in [-0.1, -0.05) is 0 Å². The van der Waals surface area contributed by atoms with Gasteiger partial charge in [0.1, 0.15) is 17.8 Å². The van der Waals surface area contributed by atoms with Gasteiger partial charge in [0.2, 0.25) is 0 Å². The van der Waals surface area contributed by atoms with Gasteiger partial charge in [-0.25, -0.2) is 13.8 Å². The van der Waals surface area contributed by atoms with Crippen LogP contribution in [0.3, 0.4) is 0 Å². The quantitative estimate of drug-likeness (QED) is 0.900. The van der Waals surface area contributed by atoms with E-state index in [1.165, 1.54) is 12.1 Å². The molecular formula is C19H27F2N3O. The van der Waals surface area contributed by atoms with E-state index in [4.69, 9.17) is 4.74 Å². The Hall–Kier alpha value is -1.50. The summed E-state index contributed by atoms with van der Waals surface area (Å²) in [6.45, 7) is 7.74. The second-order valence-electron chi connectivity index (χ2n) is 7.16. The molecule has 1 fully saturated rings. The summed E-state index contributed by atoms with van der Waals surface area (Å²) >= 11 is 0. The van der Waals surface area contributed by atoms with Crippen molar-refractivity contribution >= 4 is 5.70 Å². The number of halogens is 2. The minimum atomic E-state index is -0.553. The van der Waals surface area contributed by atoms with E-state index in [1.807, 2.05) is 14.0 Å². The predicted molar refractivity (Wildman–Crippen MR) is 94.5 cm³/mol. The van der Waals surface area contributed by atoms with Gasteiger partial charge in [-0.3, -0.25) is 5.32 Å². The molecule has 0 saturated carbocycles. The van der Waals surface area contributed by atoms with Crippen molar-refractivity contribution in [2.45, 2.75) is 51.9 Å². The molecule has 6 heteroatoms. The second-order valence-corrected chi connectivity index (χ2v) is 7.16. The van der Waals surface area contributed by atoms with Crippen molar-refractivity contribution in [1.82, 2.24) is 15.3 Å². The van der Waals surface area contributed by atoms with Crippen molar-refractivity contribution in [1.29, 1.82) is 0 Å². The van der Waals surface area contributed by atoms with Crippen LogP contribution in [0.1, 0.15) is 39.2 Å². The summed E-state index contributed by atoms with van der Waals surface area (Å²) < 4.78 is 33.0. The molecule has 2 aliphatic heterocycles. The van der Waals surface area contributed by atoms with Crippen LogP contribution in [0.15, 0.2) is 23.8 Å². The number of hydrazine groups is 1. The van der Waals surface area contributed by atoms with E-state index in [9.17, 15) is 8.78 Å². The molecule has 0 amide bonds. The van der Waals surface area contributed by atoms with E-state index in [1.54, 1.807) is 0 Å². The summed E-state index contributed by atoms with van der Waals surface area (Å²) in [4.78, 5) is 0. The van der Waals surface area contributed by atoms with Crippen LogP contribution in [0.2, 0.25) is 0 Å². The summed E-state index contributed by atoms with van der Waals surface area (Å²) in [7, 11) is 2.02. The highest BCUT2D eigenvalue weighted by Crippen LogP contribution is 2.36. The zero-order chi connectivity index (χ0) is 18.1. The molecule has 0 bridgehead atoms. The Morgan fingerprint density at radius 2 is 1.72 bits per heavy atom. The molecule has 1 atom stereocenters. The first-order valence-corrected chi connectivity index (χ1v) is 8.91. The third kappa shape index (κ3) is 3.71. The topological polar surface area (TPSA) is 27.7 Å². The summed E-state index contributed by atoms with van der Waals surface area (Å²) in [5.41, 5.74) is 2.53. The second kappa shape index (κ2) is 7.40. The van der Waals surface area contributed by atoms with Gasteiger partial charge >= 0.3 is 0 Å². The molecule has 1 aromatic rings. The molecule has 2 aliphatic rings. The highest BCUT2D eigenvalue weighted by molar-refractivity contribution is 5.69. The fourth-order valence-corrected chi connectivity index (χ4v) is 3.87. The molecule has 1 unspecified atom stereocenters. The Bertz CT molecular complexity index is 636. The fraction of sp³-hybridized carbons (Fsp3) is 0.579. The number of nitrogens with one attached hydrogen (secondary N) is 1. The van der Waals surface area contributed by atoms with Crippen LogP contribution in [0.25, 0.3) is 5.70 Å². The van der Waals surface area contributed by atoms with Gasteiger partial charge in [0.25, 0.3) is 0 Å². The summed E-state index contributed by atoms with van der Waals surface area (Å²) in [5, 5.41) is 7.93. The molecule has 3 rings (SSSR count). The molecule has 1 N–H and O–H groups in total. The molecule has 0 aromatic heterocycles. The van der Waals surface area contributed by atoms with Crippen molar-refractivity contribution in [2.75, 3.05) is 20.3 Å². The third-order valence-corrected chi connectivity index (χ3v) is 4.97. The minimum absolute atomic E-state index is 0.00632. The van der Waals surface area contributed by atoms with E-state index in [2.05, 4.69) is 29.2 Å². The largest absolute Gasteiger partial charge is 0.381 e. The maximum atomic E-state index is 13.8. The van der Waals surface area contributed by atoms with Gasteiger partial charge in [0.05, 0.1) is 5.70 Å². The van der Waals surface area contributed by atoms with Gasteiger partial charge in [-0.05, 0) is 51.3 Å². The van der Waals surface area contributed by atoms with Crippen LogP contribution in [-0.4, -0.2) is 48.5 Å². The van der Waals surface area contributed by atoms with Crippen LogP contribution >= 0.6 is 0 Å². The molecular weight excluding hydrogens is 324 g/mol. The Morgan fingerprint density at radius 3 is 2.28 bits per heavy atom. The lowest BCUT2D eigenvalue weighted by Crippen LogP contribution is -2.52. The Kier molecular flexibility index (Phi) is 5.41. The summed E-state index contributed by atoms with van der Waals surface area (Å²) in [5.74, 6) is -1.11. The molecule has 1 saturated heterocycles. The molecule has 138 valence electrons.